The van der Waals surface area contributed by atoms with Crippen LogP contribution in [0.5, 0.6) is 5.75 Å². The molecule has 3 aliphatic rings. The number of aliphatic hydroxyl groups excluding tert-OH is 1. The minimum atomic E-state index is -5.08. The van der Waals surface area contributed by atoms with Gasteiger partial charge in [0, 0.05) is 16.9 Å². The Labute approximate surface area is 241 Å². The fraction of sp³-hybridized carbons (Fsp3) is 0.367. The fourth-order valence-corrected chi connectivity index (χ4v) is 6.13. The lowest BCUT2D eigenvalue weighted by Crippen LogP contribution is -2.21. The van der Waals surface area contributed by atoms with Gasteiger partial charge in [-0.15, -0.1) is 6.42 Å². The lowest BCUT2D eigenvalue weighted by molar-refractivity contribution is -0.192. The summed E-state index contributed by atoms with van der Waals surface area (Å²) in [6.45, 7) is 3.41. The van der Waals surface area contributed by atoms with Crippen LogP contribution < -0.4 is 5.32 Å². The van der Waals surface area contributed by atoms with Crippen molar-refractivity contribution in [2.45, 2.75) is 44.0 Å². The van der Waals surface area contributed by atoms with Gasteiger partial charge in [-0.2, -0.15) is 18.3 Å². The molecule has 13 heteroatoms. The number of nitrogens with zero attached hydrogens (tertiary/aromatic N) is 3. The number of halogens is 5. The molecule has 4 aromatic rings. The molecule has 3 heterocycles. The van der Waals surface area contributed by atoms with Crippen LogP contribution in [0.15, 0.2) is 24.3 Å². The van der Waals surface area contributed by atoms with E-state index < -0.39 is 29.9 Å². The Morgan fingerprint density at radius 2 is 1.81 bits per heavy atom. The molecule has 4 N–H and O–H groups in total. The Morgan fingerprint density at radius 3 is 2.37 bits per heavy atom. The first-order valence-corrected chi connectivity index (χ1v) is 13.6. The Kier molecular flexibility index (Phi) is 6.82. The van der Waals surface area contributed by atoms with E-state index in [9.17, 15) is 27.8 Å². The zero-order valence-corrected chi connectivity index (χ0v) is 22.6. The van der Waals surface area contributed by atoms with Crippen LogP contribution in [0.3, 0.4) is 0 Å². The van der Waals surface area contributed by atoms with Crippen molar-refractivity contribution in [1.29, 1.82) is 0 Å². The number of hydrogen-bond donors (Lipinski definition) is 4. The van der Waals surface area contributed by atoms with Crippen LogP contribution in [0, 0.1) is 35.8 Å². The Bertz CT molecular complexity index is 1830. The summed E-state index contributed by atoms with van der Waals surface area (Å²) >= 11 is 0. The highest BCUT2D eigenvalue weighted by Crippen LogP contribution is 2.58. The van der Waals surface area contributed by atoms with Crippen molar-refractivity contribution in [2.24, 2.45) is 11.8 Å². The number of carbonyl (C=O) groups is 1. The maximum Gasteiger partial charge on any atom is 0.490 e. The molecule has 0 amide bonds. The summed E-state index contributed by atoms with van der Waals surface area (Å²) in [5, 5.41) is 38.0. The van der Waals surface area contributed by atoms with E-state index in [4.69, 9.17) is 21.4 Å². The van der Waals surface area contributed by atoms with Crippen molar-refractivity contribution in [2.75, 3.05) is 13.1 Å². The van der Waals surface area contributed by atoms with Gasteiger partial charge < -0.3 is 20.6 Å². The Hall–Kier alpha value is -4.28. The van der Waals surface area contributed by atoms with E-state index >= 15 is 4.39 Å². The van der Waals surface area contributed by atoms with Crippen molar-refractivity contribution in [3.8, 4) is 29.4 Å². The molecule has 1 aliphatic heterocycles. The molecule has 2 aromatic carbocycles. The number of aromatic hydroxyl groups is 1. The number of nitrogens with one attached hydrogen (secondary N) is 1. The number of aliphatic hydroxyl groups is 1. The number of carboxylic acids is 1. The average molecular weight is 601 g/mol. The van der Waals surface area contributed by atoms with Gasteiger partial charge in [-0.3, -0.25) is 4.68 Å². The number of hydrogen-bond acceptors (Lipinski definition) is 6. The molecule has 1 saturated heterocycles. The molecule has 0 spiro atoms. The third-order valence-electron chi connectivity index (χ3n) is 8.23. The Balaban J connectivity index is 0.000000423. The number of fused-ring (bicyclic) bond motifs is 3. The normalized spacial score (nSPS) is 21.7. The number of alkyl halides is 3. The van der Waals surface area contributed by atoms with Crippen LogP contribution in [0.4, 0.5) is 22.0 Å². The summed E-state index contributed by atoms with van der Waals surface area (Å²) in [5.41, 5.74) is 1.50. The van der Waals surface area contributed by atoms with Crippen molar-refractivity contribution in [3.05, 3.63) is 52.9 Å². The van der Waals surface area contributed by atoms with Gasteiger partial charge in [0.15, 0.2) is 5.82 Å². The van der Waals surface area contributed by atoms with Crippen LogP contribution in [0.1, 0.15) is 54.8 Å². The molecule has 224 valence electrons. The van der Waals surface area contributed by atoms with Crippen LogP contribution in [-0.4, -0.2) is 55.3 Å². The maximum atomic E-state index is 16.6. The van der Waals surface area contributed by atoms with Crippen LogP contribution >= 0.6 is 0 Å². The maximum absolute atomic E-state index is 16.6. The predicted molar refractivity (Wildman–Crippen MR) is 145 cm³/mol. The number of aliphatic carboxylic acids is 1. The number of terminal acetylenes is 1. The van der Waals surface area contributed by atoms with E-state index in [0.29, 0.717) is 33.8 Å². The molecule has 2 aliphatic carbocycles. The SMILES string of the molecule is C#Cc1c(F)ccc2cc(O)cc(-c3nc(C(C)O)c4c(C5[C@H]6CNC[C@@H]56)nn(C5CC5)c4c3F)c12.O=C(O)C(F)(F)F. The zero-order valence-electron chi connectivity index (χ0n) is 22.6. The second kappa shape index (κ2) is 10.2. The summed E-state index contributed by atoms with van der Waals surface area (Å²) in [6, 6.07) is 5.61. The summed E-state index contributed by atoms with van der Waals surface area (Å²) in [5.74, 6) is -0.614. The van der Waals surface area contributed by atoms with Gasteiger partial charge in [-0.25, -0.2) is 18.6 Å². The molecular formula is C30H25F5N4O4. The zero-order chi connectivity index (χ0) is 31.0. The minimum Gasteiger partial charge on any atom is -0.508 e. The largest absolute Gasteiger partial charge is 0.508 e. The van der Waals surface area contributed by atoms with E-state index in [1.807, 2.05) is 0 Å². The molecule has 0 radical (unpaired) electrons. The molecule has 43 heavy (non-hydrogen) atoms. The van der Waals surface area contributed by atoms with Crippen LogP contribution in [0.25, 0.3) is 32.9 Å². The highest BCUT2D eigenvalue weighted by atomic mass is 19.4. The number of phenols is 1. The van der Waals surface area contributed by atoms with Crippen molar-refractivity contribution in [3.63, 3.8) is 0 Å². The second-order valence-electron chi connectivity index (χ2n) is 11.1. The van der Waals surface area contributed by atoms with Crippen LogP contribution in [-0.2, 0) is 4.79 Å². The van der Waals surface area contributed by atoms with E-state index in [0.717, 1.165) is 31.6 Å². The van der Waals surface area contributed by atoms with E-state index in [2.05, 4.69) is 16.2 Å². The fourth-order valence-electron chi connectivity index (χ4n) is 6.13. The third-order valence-corrected chi connectivity index (χ3v) is 8.23. The van der Waals surface area contributed by atoms with Crippen molar-refractivity contribution >= 4 is 27.6 Å². The topological polar surface area (TPSA) is 121 Å². The standard InChI is InChI=1S/C28H24F2N4O2.C2HF3O2/c1-3-16-20(29)7-4-13-8-15(36)9-17(21(13)16)26-24(30)28-23(25(32-26)12(2)35)27(33-34(28)14-5-6-14)22-18-10-31-11-19(18)22;3-2(4,5)1(6)7/h1,4,7-9,12,14,18-19,22,31,35-36H,5-6,10-11H2,2H3;(H,6,7)/t12?,18-,19+,22?;. The average Bonchev–Trinajstić information content (AvgIpc) is 3.81. The molecule has 2 saturated carbocycles. The highest BCUT2D eigenvalue weighted by Gasteiger charge is 2.56. The quantitative estimate of drug-likeness (QED) is 0.188. The second-order valence-corrected chi connectivity index (χ2v) is 11.1. The molecule has 3 fully saturated rings. The van der Waals surface area contributed by atoms with Gasteiger partial charge in [0.25, 0.3) is 0 Å². The predicted octanol–water partition coefficient (Wildman–Crippen LogP) is 5.17. The first kappa shape index (κ1) is 28.8. The first-order valence-electron chi connectivity index (χ1n) is 13.6. The molecule has 7 rings (SSSR count). The molecule has 0 bridgehead atoms. The highest BCUT2D eigenvalue weighted by molar-refractivity contribution is 6.03. The van der Waals surface area contributed by atoms with E-state index in [-0.39, 0.29) is 39.9 Å². The van der Waals surface area contributed by atoms with Crippen molar-refractivity contribution in [1.82, 2.24) is 20.1 Å². The number of phenolic OH excluding ortho intramolecular Hbond substituents is 1. The lowest BCUT2D eigenvalue weighted by atomic mass is 9.95. The number of rotatable bonds is 4. The number of carboxylic acid groups (broad SMARTS) is 1. The lowest BCUT2D eigenvalue weighted by Gasteiger charge is -2.15. The number of piperidine rings is 1. The summed E-state index contributed by atoms with van der Waals surface area (Å²) < 4.78 is 64.8. The molecule has 4 atom stereocenters. The molecule has 2 aromatic heterocycles. The van der Waals surface area contributed by atoms with Gasteiger partial charge in [0.2, 0.25) is 0 Å². The van der Waals surface area contributed by atoms with Gasteiger partial charge in [-0.1, -0.05) is 12.0 Å². The third kappa shape index (κ3) is 4.84. The number of pyridine rings is 1. The van der Waals surface area contributed by atoms with Gasteiger partial charge in [0.05, 0.1) is 34.5 Å². The monoisotopic (exact) mass is 600 g/mol. The molecule has 8 nitrogen and oxygen atoms in total. The summed E-state index contributed by atoms with van der Waals surface area (Å²) in [7, 11) is 0. The van der Waals surface area contributed by atoms with Gasteiger partial charge in [0.1, 0.15) is 22.8 Å². The van der Waals surface area contributed by atoms with Gasteiger partial charge in [-0.05, 0) is 68.3 Å². The molecular weight excluding hydrogens is 575 g/mol. The first-order chi connectivity index (χ1) is 20.3. The Morgan fingerprint density at radius 1 is 1.16 bits per heavy atom. The van der Waals surface area contributed by atoms with Gasteiger partial charge >= 0.3 is 12.1 Å². The summed E-state index contributed by atoms with van der Waals surface area (Å²) in [4.78, 5) is 13.5. The van der Waals surface area contributed by atoms with Crippen molar-refractivity contribution < 1.29 is 42.1 Å². The van der Waals surface area contributed by atoms with E-state index in [1.54, 1.807) is 11.6 Å². The number of benzene rings is 2. The number of aromatic nitrogens is 3. The smallest absolute Gasteiger partial charge is 0.490 e. The minimum absolute atomic E-state index is 0.0305. The summed E-state index contributed by atoms with van der Waals surface area (Å²) in [6.07, 6.45) is 1.37. The molecule has 2 unspecified atom stereocenters. The van der Waals surface area contributed by atoms with E-state index in [1.165, 1.54) is 24.3 Å². The van der Waals surface area contributed by atoms with Crippen LogP contribution in [0.2, 0.25) is 0 Å².